The van der Waals surface area contributed by atoms with Crippen molar-refractivity contribution >= 4 is 16.9 Å². The van der Waals surface area contributed by atoms with Crippen LogP contribution in [-0.4, -0.2) is 41.9 Å². The van der Waals surface area contributed by atoms with Crippen molar-refractivity contribution in [2.45, 2.75) is 26.2 Å². The van der Waals surface area contributed by atoms with Crippen LogP contribution in [0.2, 0.25) is 0 Å². The number of carbonyl (C=O) groups is 1. The molecular formula is C26H28N4O3. The Labute approximate surface area is 193 Å². The second kappa shape index (κ2) is 10.2. The van der Waals surface area contributed by atoms with Crippen molar-refractivity contribution in [1.29, 1.82) is 0 Å². The van der Waals surface area contributed by atoms with Crippen LogP contribution in [0, 0.1) is 0 Å². The largest absolute Gasteiger partial charge is 0.497 e. The van der Waals surface area contributed by atoms with Crippen molar-refractivity contribution in [2.75, 3.05) is 20.8 Å². The lowest BCUT2D eigenvalue weighted by atomic mass is 10.0. The SMILES string of the molecule is CCCCCNC(=O)c1cc(-c2ccc(OC)cc2)nc2n[nH]c(-c3ccc(OC)cc3)c12. The first-order valence-corrected chi connectivity index (χ1v) is 11.1. The van der Waals surface area contributed by atoms with Gasteiger partial charge < -0.3 is 14.8 Å². The van der Waals surface area contributed by atoms with E-state index in [1.54, 1.807) is 14.2 Å². The highest BCUT2D eigenvalue weighted by Crippen LogP contribution is 2.32. The van der Waals surface area contributed by atoms with E-state index in [0.717, 1.165) is 47.6 Å². The highest BCUT2D eigenvalue weighted by molar-refractivity contribution is 6.11. The van der Waals surface area contributed by atoms with Gasteiger partial charge in [0.05, 0.1) is 36.6 Å². The van der Waals surface area contributed by atoms with Crippen molar-refractivity contribution in [3.05, 3.63) is 60.2 Å². The fraction of sp³-hybridized carbons (Fsp3) is 0.269. The molecule has 7 nitrogen and oxygen atoms in total. The van der Waals surface area contributed by atoms with Gasteiger partial charge in [-0.3, -0.25) is 9.89 Å². The maximum Gasteiger partial charge on any atom is 0.252 e. The lowest BCUT2D eigenvalue weighted by Gasteiger charge is -2.10. The average Bonchev–Trinajstić information content (AvgIpc) is 3.30. The smallest absolute Gasteiger partial charge is 0.252 e. The standard InChI is InChI=1S/C26H28N4O3/c1-4-5-6-15-27-26(31)21-16-22(17-7-11-19(32-2)12-8-17)28-25-23(21)24(29-30-25)18-9-13-20(33-3)14-10-18/h7-14,16H,4-6,15H2,1-3H3,(H,27,31)(H,28,29,30). The number of pyridine rings is 1. The molecule has 0 radical (unpaired) electrons. The molecule has 4 aromatic rings. The fourth-order valence-electron chi connectivity index (χ4n) is 3.75. The number of rotatable bonds is 9. The van der Waals surface area contributed by atoms with Gasteiger partial charge in [-0.25, -0.2) is 4.98 Å². The molecule has 2 heterocycles. The van der Waals surface area contributed by atoms with E-state index in [9.17, 15) is 4.79 Å². The summed E-state index contributed by atoms with van der Waals surface area (Å²) in [5.41, 5.74) is 4.25. The monoisotopic (exact) mass is 444 g/mol. The summed E-state index contributed by atoms with van der Waals surface area (Å²) < 4.78 is 10.5. The van der Waals surface area contributed by atoms with Crippen LogP contribution in [0.25, 0.3) is 33.5 Å². The number of fused-ring (bicyclic) bond motifs is 1. The normalized spacial score (nSPS) is 10.9. The highest BCUT2D eigenvalue weighted by atomic mass is 16.5. The molecule has 0 aliphatic carbocycles. The van der Waals surface area contributed by atoms with E-state index in [1.165, 1.54) is 0 Å². The van der Waals surface area contributed by atoms with E-state index in [2.05, 4.69) is 22.4 Å². The van der Waals surface area contributed by atoms with Crippen molar-refractivity contribution in [3.8, 4) is 34.0 Å². The third kappa shape index (κ3) is 4.82. The summed E-state index contributed by atoms with van der Waals surface area (Å²) in [5, 5.41) is 11.3. The number of benzene rings is 2. The van der Waals surface area contributed by atoms with Crippen LogP contribution in [0.5, 0.6) is 11.5 Å². The summed E-state index contributed by atoms with van der Waals surface area (Å²) in [6.07, 6.45) is 3.12. The van der Waals surface area contributed by atoms with Crippen LogP contribution in [0.1, 0.15) is 36.5 Å². The van der Waals surface area contributed by atoms with E-state index in [4.69, 9.17) is 14.5 Å². The Morgan fingerprint density at radius 2 is 1.58 bits per heavy atom. The second-order valence-electron chi connectivity index (χ2n) is 7.77. The van der Waals surface area contributed by atoms with Gasteiger partial charge in [-0.05, 0) is 61.0 Å². The third-order valence-electron chi connectivity index (χ3n) is 5.60. The minimum absolute atomic E-state index is 0.135. The topological polar surface area (TPSA) is 89.1 Å². The summed E-state index contributed by atoms with van der Waals surface area (Å²) in [4.78, 5) is 18.0. The molecule has 0 spiro atoms. The van der Waals surface area contributed by atoms with Crippen molar-refractivity contribution in [1.82, 2.24) is 20.5 Å². The van der Waals surface area contributed by atoms with Gasteiger partial charge in [-0.2, -0.15) is 5.10 Å². The Balaban J connectivity index is 1.80. The maximum atomic E-state index is 13.3. The molecule has 0 aliphatic heterocycles. The maximum absolute atomic E-state index is 13.3. The van der Waals surface area contributed by atoms with Crippen molar-refractivity contribution in [2.24, 2.45) is 0 Å². The number of aromatic amines is 1. The fourth-order valence-corrected chi connectivity index (χ4v) is 3.75. The highest BCUT2D eigenvalue weighted by Gasteiger charge is 2.20. The summed E-state index contributed by atoms with van der Waals surface area (Å²) in [5.74, 6) is 1.39. The number of aromatic nitrogens is 3. The molecule has 0 bridgehead atoms. The van der Waals surface area contributed by atoms with Gasteiger partial charge in [0, 0.05) is 17.7 Å². The molecule has 2 N–H and O–H groups in total. The van der Waals surface area contributed by atoms with Gasteiger partial charge in [-0.15, -0.1) is 0 Å². The minimum Gasteiger partial charge on any atom is -0.497 e. The van der Waals surface area contributed by atoms with Gasteiger partial charge in [0.2, 0.25) is 0 Å². The Hall–Kier alpha value is -3.87. The second-order valence-corrected chi connectivity index (χ2v) is 7.77. The molecular weight excluding hydrogens is 416 g/mol. The average molecular weight is 445 g/mol. The van der Waals surface area contributed by atoms with E-state index in [1.807, 2.05) is 54.6 Å². The number of ether oxygens (including phenoxy) is 2. The molecule has 7 heteroatoms. The number of hydrogen-bond donors (Lipinski definition) is 2. The number of H-pyrrole nitrogens is 1. The summed E-state index contributed by atoms with van der Waals surface area (Å²) >= 11 is 0. The lowest BCUT2D eigenvalue weighted by molar-refractivity contribution is 0.0954. The zero-order chi connectivity index (χ0) is 23.2. The Bertz CT molecular complexity index is 1230. The molecule has 170 valence electrons. The molecule has 0 fully saturated rings. The van der Waals surface area contributed by atoms with Crippen molar-refractivity contribution < 1.29 is 14.3 Å². The van der Waals surface area contributed by atoms with Gasteiger partial charge >= 0.3 is 0 Å². The Morgan fingerprint density at radius 3 is 2.18 bits per heavy atom. The van der Waals surface area contributed by atoms with Gasteiger partial charge in [-0.1, -0.05) is 19.8 Å². The van der Waals surface area contributed by atoms with Crippen LogP contribution in [-0.2, 0) is 0 Å². The Morgan fingerprint density at radius 1 is 0.939 bits per heavy atom. The quantitative estimate of drug-likeness (QED) is 0.345. The summed E-state index contributed by atoms with van der Waals surface area (Å²) in [7, 11) is 3.26. The molecule has 0 atom stereocenters. The molecule has 0 saturated heterocycles. The summed E-state index contributed by atoms with van der Waals surface area (Å²) in [6, 6.07) is 17.1. The van der Waals surface area contributed by atoms with Crippen LogP contribution < -0.4 is 14.8 Å². The zero-order valence-electron chi connectivity index (χ0n) is 19.1. The van der Waals surface area contributed by atoms with Crippen LogP contribution in [0.15, 0.2) is 54.6 Å². The van der Waals surface area contributed by atoms with Gasteiger partial charge in [0.15, 0.2) is 5.65 Å². The molecule has 2 aromatic carbocycles. The zero-order valence-corrected chi connectivity index (χ0v) is 19.1. The van der Waals surface area contributed by atoms with Crippen LogP contribution in [0.4, 0.5) is 0 Å². The van der Waals surface area contributed by atoms with E-state index in [0.29, 0.717) is 28.8 Å². The number of unbranched alkanes of at least 4 members (excludes halogenated alkanes) is 2. The van der Waals surface area contributed by atoms with Crippen molar-refractivity contribution in [3.63, 3.8) is 0 Å². The predicted octanol–water partition coefficient (Wildman–Crippen LogP) is 5.23. The Kier molecular flexibility index (Phi) is 6.88. The van der Waals surface area contributed by atoms with E-state index in [-0.39, 0.29) is 5.91 Å². The third-order valence-corrected chi connectivity index (χ3v) is 5.60. The van der Waals surface area contributed by atoms with Crippen LogP contribution >= 0.6 is 0 Å². The molecule has 0 saturated carbocycles. The number of nitrogens with zero attached hydrogens (tertiary/aromatic N) is 2. The first kappa shape index (κ1) is 22.3. The first-order chi connectivity index (χ1) is 16.1. The predicted molar refractivity (Wildman–Crippen MR) is 130 cm³/mol. The molecule has 4 rings (SSSR count). The molecule has 0 aliphatic rings. The number of carbonyl (C=O) groups excluding carboxylic acids is 1. The van der Waals surface area contributed by atoms with E-state index < -0.39 is 0 Å². The molecule has 33 heavy (non-hydrogen) atoms. The number of nitrogens with one attached hydrogen (secondary N) is 2. The van der Waals surface area contributed by atoms with Crippen LogP contribution in [0.3, 0.4) is 0 Å². The lowest BCUT2D eigenvalue weighted by Crippen LogP contribution is -2.24. The van der Waals surface area contributed by atoms with E-state index >= 15 is 0 Å². The number of hydrogen-bond acceptors (Lipinski definition) is 5. The molecule has 0 unspecified atom stereocenters. The minimum atomic E-state index is -0.135. The molecule has 1 amide bonds. The van der Waals surface area contributed by atoms with Gasteiger partial charge in [0.25, 0.3) is 5.91 Å². The summed E-state index contributed by atoms with van der Waals surface area (Å²) in [6.45, 7) is 2.77. The number of methoxy groups -OCH3 is 2. The number of amides is 1. The molecule has 2 aromatic heterocycles. The first-order valence-electron chi connectivity index (χ1n) is 11.1. The van der Waals surface area contributed by atoms with Gasteiger partial charge in [0.1, 0.15) is 11.5 Å².